The Morgan fingerprint density at radius 1 is 0.816 bits per heavy atom. The van der Waals surface area contributed by atoms with E-state index in [1.807, 2.05) is 55.5 Å². The van der Waals surface area contributed by atoms with Crippen LogP contribution in [0.15, 0.2) is 72.8 Å². The fourth-order valence-corrected chi connectivity index (χ4v) is 7.35. The number of aryl methyl sites for hydroxylation is 1. The van der Waals surface area contributed by atoms with E-state index in [1.165, 1.54) is 6.92 Å². The van der Waals surface area contributed by atoms with Gasteiger partial charge in [0.1, 0.15) is 16.3 Å². The molecular formula is C30H23Cl2NO5. The molecule has 192 valence electrons. The third-order valence-corrected chi connectivity index (χ3v) is 9.26. The van der Waals surface area contributed by atoms with Crippen molar-refractivity contribution in [1.82, 2.24) is 4.90 Å². The lowest BCUT2D eigenvalue weighted by atomic mass is 9.54. The number of carbonyl (C=O) groups excluding carboxylic acids is 4. The molecule has 3 aromatic rings. The van der Waals surface area contributed by atoms with E-state index in [9.17, 15) is 19.2 Å². The molecule has 3 aromatic carbocycles. The number of alkyl halides is 2. The summed E-state index contributed by atoms with van der Waals surface area (Å²) in [5.74, 6) is -4.42. The van der Waals surface area contributed by atoms with E-state index in [0.717, 1.165) is 10.5 Å². The van der Waals surface area contributed by atoms with Gasteiger partial charge >= 0.3 is 5.97 Å². The molecule has 8 heteroatoms. The molecule has 1 aliphatic heterocycles. The van der Waals surface area contributed by atoms with Gasteiger partial charge < -0.3 is 4.74 Å². The number of imide groups is 1. The predicted molar refractivity (Wildman–Crippen MR) is 141 cm³/mol. The van der Waals surface area contributed by atoms with Crippen molar-refractivity contribution in [2.45, 2.75) is 29.7 Å². The molecule has 3 aliphatic carbocycles. The maximum absolute atomic E-state index is 13.8. The smallest absolute Gasteiger partial charge is 0.326 e. The van der Waals surface area contributed by atoms with Crippen LogP contribution in [0, 0.1) is 18.8 Å². The number of amides is 2. The Kier molecular flexibility index (Phi) is 5.57. The first-order valence-electron chi connectivity index (χ1n) is 12.3. The van der Waals surface area contributed by atoms with E-state index in [2.05, 4.69) is 0 Å². The van der Waals surface area contributed by atoms with Crippen molar-refractivity contribution in [2.24, 2.45) is 11.8 Å². The highest BCUT2D eigenvalue weighted by Crippen LogP contribution is 2.69. The molecule has 3 atom stereocenters. The minimum atomic E-state index is -1.32. The summed E-state index contributed by atoms with van der Waals surface area (Å²) in [5.41, 5.74) is 4.11. The fourth-order valence-electron chi connectivity index (χ4n) is 6.25. The van der Waals surface area contributed by atoms with Gasteiger partial charge in [0.05, 0.1) is 11.8 Å². The molecule has 38 heavy (non-hydrogen) atoms. The van der Waals surface area contributed by atoms with Gasteiger partial charge in [0.2, 0.25) is 17.6 Å². The van der Waals surface area contributed by atoms with Crippen LogP contribution in [-0.2, 0) is 28.9 Å². The molecule has 1 fully saturated rings. The topological polar surface area (TPSA) is 80.8 Å². The molecule has 2 bridgehead atoms. The average Bonchev–Trinajstić information content (AvgIpc) is 3.17. The van der Waals surface area contributed by atoms with Crippen molar-refractivity contribution < 1.29 is 23.9 Å². The molecule has 4 aliphatic rings. The third-order valence-electron chi connectivity index (χ3n) is 7.98. The quantitative estimate of drug-likeness (QED) is 0.200. The van der Waals surface area contributed by atoms with Gasteiger partial charge in [0, 0.05) is 5.56 Å². The molecular weight excluding hydrogens is 525 g/mol. The lowest BCUT2D eigenvalue weighted by Gasteiger charge is -2.54. The zero-order chi connectivity index (χ0) is 27.0. The lowest BCUT2D eigenvalue weighted by Crippen LogP contribution is -2.57. The van der Waals surface area contributed by atoms with Crippen molar-refractivity contribution in [3.05, 3.63) is 106 Å². The maximum atomic E-state index is 13.8. The number of likely N-dealkylation sites (tertiary alicyclic amines) is 1. The van der Waals surface area contributed by atoms with E-state index in [-0.39, 0.29) is 5.78 Å². The molecule has 6 nitrogen and oxygen atoms in total. The molecule has 0 radical (unpaired) electrons. The van der Waals surface area contributed by atoms with Crippen molar-refractivity contribution in [2.75, 3.05) is 6.54 Å². The Labute approximate surface area is 229 Å². The van der Waals surface area contributed by atoms with Crippen molar-refractivity contribution in [1.29, 1.82) is 0 Å². The van der Waals surface area contributed by atoms with E-state index in [4.69, 9.17) is 27.9 Å². The number of Topliss-reactive ketones (excluding diaryl/α,β-unsaturated/α-hetero) is 1. The summed E-state index contributed by atoms with van der Waals surface area (Å²) in [6, 6.07) is 21.5. The summed E-state index contributed by atoms with van der Waals surface area (Å²) in [7, 11) is 0. The number of ketones is 1. The summed E-state index contributed by atoms with van der Waals surface area (Å²) in [4.78, 5) is 51.5. The SMILES string of the molecule is Cc1ccc(C(=O)[C@H](C)OC(=O)CN2C(=O)[C@@H]3[C@H](C2=O)C2(Cl)c4ccccc4C3(Cl)c3ccccc32)cc1. The number of halogens is 2. The normalized spacial score (nSPS) is 27.4. The Balaban J connectivity index is 1.31. The van der Waals surface area contributed by atoms with Crippen LogP contribution in [0.3, 0.4) is 0 Å². The zero-order valence-electron chi connectivity index (χ0n) is 20.6. The fraction of sp³-hybridized carbons (Fsp3) is 0.267. The average molecular weight is 548 g/mol. The number of ether oxygens (including phenoxy) is 1. The van der Waals surface area contributed by atoms with Gasteiger partial charge in [-0.15, -0.1) is 23.2 Å². The van der Waals surface area contributed by atoms with Crippen LogP contribution in [-0.4, -0.2) is 41.1 Å². The van der Waals surface area contributed by atoms with Crippen molar-refractivity contribution in [3.8, 4) is 0 Å². The van der Waals surface area contributed by atoms with Crippen LogP contribution in [0.25, 0.3) is 0 Å². The molecule has 7 rings (SSSR count). The number of benzene rings is 3. The monoisotopic (exact) mass is 547 g/mol. The number of rotatable bonds is 5. The summed E-state index contributed by atoms with van der Waals surface area (Å²) in [5, 5.41) is 0. The van der Waals surface area contributed by atoms with Crippen LogP contribution in [0.4, 0.5) is 0 Å². The minimum absolute atomic E-state index is 0.380. The Morgan fingerprint density at radius 2 is 1.24 bits per heavy atom. The molecule has 1 saturated heterocycles. The van der Waals surface area contributed by atoms with E-state index < -0.39 is 52.0 Å². The summed E-state index contributed by atoms with van der Waals surface area (Å²) < 4.78 is 5.35. The first-order chi connectivity index (χ1) is 18.1. The molecule has 0 aromatic heterocycles. The number of carbonyl (C=O) groups is 4. The van der Waals surface area contributed by atoms with Gasteiger partial charge in [-0.25, -0.2) is 0 Å². The number of hydrogen-bond acceptors (Lipinski definition) is 5. The second-order valence-corrected chi connectivity index (χ2v) is 11.3. The Hall–Kier alpha value is -3.48. The van der Waals surface area contributed by atoms with Gasteiger partial charge in [-0.3, -0.25) is 24.1 Å². The van der Waals surface area contributed by atoms with Crippen molar-refractivity contribution >= 4 is 46.8 Å². The van der Waals surface area contributed by atoms with Gasteiger partial charge in [-0.1, -0.05) is 78.4 Å². The second-order valence-electron chi connectivity index (χ2n) is 10.1. The molecule has 2 amide bonds. The molecule has 0 N–H and O–H groups in total. The predicted octanol–water partition coefficient (Wildman–Crippen LogP) is 4.70. The highest BCUT2D eigenvalue weighted by molar-refractivity contribution is 6.36. The third kappa shape index (κ3) is 3.20. The first kappa shape index (κ1) is 24.8. The number of hydrogen-bond donors (Lipinski definition) is 0. The molecule has 0 unspecified atom stereocenters. The number of esters is 1. The molecule has 1 heterocycles. The van der Waals surface area contributed by atoms with Crippen LogP contribution >= 0.6 is 23.2 Å². The van der Waals surface area contributed by atoms with Gasteiger partial charge in [-0.2, -0.15) is 0 Å². The second kappa shape index (κ2) is 8.52. The van der Waals surface area contributed by atoms with Gasteiger partial charge in [0.25, 0.3) is 0 Å². The minimum Gasteiger partial charge on any atom is -0.453 e. The van der Waals surface area contributed by atoms with Gasteiger partial charge in [-0.05, 0) is 36.1 Å². The summed E-state index contributed by atoms with van der Waals surface area (Å²) in [6.45, 7) is 2.73. The van der Waals surface area contributed by atoms with E-state index >= 15 is 0 Å². The summed E-state index contributed by atoms with van der Waals surface area (Å²) >= 11 is 14.7. The standard InChI is InChI=1S/C30H23Cl2NO5/c1-16-11-13-18(14-12-16)26(35)17(2)38-23(34)15-33-27(36)24-25(28(33)37)30(32)20-8-4-3-7-19(20)29(24,31)21-9-5-6-10-22(21)30/h3-14,17,24-25H,15H2,1-2H3/t17-,24-,25+,29?,30?/m0/s1. The number of nitrogens with zero attached hydrogens (tertiary/aromatic N) is 1. The first-order valence-corrected chi connectivity index (χ1v) is 13.1. The van der Waals surface area contributed by atoms with E-state index in [1.54, 1.807) is 24.3 Å². The zero-order valence-corrected chi connectivity index (χ0v) is 22.1. The summed E-state index contributed by atoms with van der Waals surface area (Å²) in [6.07, 6.45) is -1.09. The van der Waals surface area contributed by atoms with Crippen LogP contribution < -0.4 is 0 Å². The maximum Gasteiger partial charge on any atom is 0.326 e. The Morgan fingerprint density at radius 3 is 1.66 bits per heavy atom. The Bertz CT molecular complexity index is 1410. The lowest BCUT2D eigenvalue weighted by molar-refractivity contribution is -0.154. The molecule has 0 saturated carbocycles. The highest BCUT2D eigenvalue weighted by atomic mass is 35.5. The van der Waals surface area contributed by atoms with Crippen LogP contribution in [0.1, 0.15) is 45.1 Å². The largest absolute Gasteiger partial charge is 0.453 e. The van der Waals surface area contributed by atoms with E-state index in [0.29, 0.717) is 27.8 Å². The molecule has 0 spiro atoms. The van der Waals surface area contributed by atoms with Crippen LogP contribution in [0.2, 0.25) is 0 Å². The highest BCUT2D eigenvalue weighted by Gasteiger charge is 2.73. The van der Waals surface area contributed by atoms with Gasteiger partial charge in [0.15, 0.2) is 6.10 Å². The van der Waals surface area contributed by atoms with Crippen molar-refractivity contribution in [3.63, 3.8) is 0 Å². The van der Waals surface area contributed by atoms with Crippen LogP contribution in [0.5, 0.6) is 0 Å².